The molecule has 0 aliphatic carbocycles. The first-order valence-corrected chi connectivity index (χ1v) is 9.01. The molecule has 0 radical (unpaired) electrons. The average Bonchev–Trinajstić information content (AvgIpc) is 3.14. The summed E-state index contributed by atoms with van der Waals surface area (Å²) < 4.78 is 0. The molecule has 2 amide bonds. The highest BCUT2D eigenvalue weighted by Gasteiger charge is 2.26. The van der Waals surface area contributed by atoms with Crippen LogP contribution in [0.1, 0.15) is 36.9 Å². The Morgan fingerprint density at radius 2 is 1.88 bits per heavy atom. The lowest BCUT2D eigenvalue weighted by Crippen LogP contribution is -2.45. The summed E-state index contributed by atoms with van der Waals surface area (Å²) in [6.07, 6.45) is 3.45. The van der Waals surface area contributed by atoms with Gasteiger partial charge in [0, 0.05) is 38.4 Å². The molecule has 25 heavy (non-hydrogen) atoms. The predicted molar refractivity (Wildman–Crippen MR) is 94.6 cm³/mol. The molecule has 0 spiro atoms. The first kappa shape index (κ1) is 17.5. The van der Waals surface area contributed by atoms with Crippen molar-refractivity contribution in [3.05, 3.63) is 23.4 Å². The number of urea groups is 1. The summed E-state index contributed by atoms with van der Waals surface area (Å²) in [4.78, 5) is 31.9. The van der Waals surface area contributed by atoms with E-state index in [-0.39, 0.29) is 11.9 Å². The zero-order valence-electron chi connectivity index (χ0n) is 14.7. The number of aryl methyl sites for hydroxylation is 1. The number of nitrogens with zero attached hydrogens (tertiary/aromatic N) is 3. The molecule has 3 heterocycles. The summed E-state index contributed by atoms with van der Waals surface area (Å²) in [6, 6.07) is 3.92. The van der Waals surface area contributed by atoms with Gasteiger partial charge in [0.25, 0.3) is 0 Å². The van der Waals surface area contributed by atoms with Gasteiger partial charge < -0.3 is 20.2 Å². The molecule has 1 aromatic rings. The summed E-state index contributed by atoms with van der Waals surface area (Å²) in [5.41, 5.74) is 2.00. The second kappa shape index (κ2) is 7.72. The molecule has 2 N–H and O–H groups in total. The number of carbonyl (C=O) groups is 2. The van der Waals surface area contributed by atoms with Gasteiger partial charge in [0.2, 0.25) is 0 Å². The number of rotatable bonds is 4. The van der Waals surface area contributed by atoms with Crippen LogP contribution < -0.4 is 10.2 Å². The summed E-state index contributed by atoms with van der Waals surface area (Å²) in [6.45, 7) is 5.51. The maximum atomic E-state index is 12.3. The Balaban J connectivity index is 1.54. The minimum Gasteiger partial charge on any atom is -0.481 e. The van der Waals surface area contributed by atoms with Crippen LogP contribution in [0.25, 0.3) is 0 Å². The molecule has 0 saturated carbocycles. The smallest absolute Gasteiger partial charge is 0.317 e. The number of piperidine rings is 1. The molecule has 0 aromatic carbocycles. The van der Waals surface area contributed by atoms with Crippen LogP contribution in [-0.2, 0) is 11.3 Å². The van der Waals surface area contributed by atoms with E-state index >= 15 is 0 Å². The van der Waals surface area contributed by atoms with Gasteiger partial charge in [-0.05, 0) is 50.3 Å². The van der Waals surface area contributed by atoms with Gasteiger partial charge >= 0.3 is 12.0 Å². The van der Waals surface area contributed by atoms with Gasteiger partial charge in [-0.15, -0.1) is 0 Å². The second-order valence-corrected chi connectivity index (χ2v) is 6.93. The minimum atomic E-state index is -0.762. The van der Waals surface area contributed by atoms with E-state index in [9.17, 15) is 9.59 Å². The SMILES string of the molecule is Cc1cc(CNC(=O)N2CCC(C(=O)O)CC2)cc(N2CCCC2)n1. The van der Waals surface area contributed by atoms with Crippen LogP contribution in [-0.4, -0.2) is 53.2 Å². The standard InChI is InChI=1S/C18H26N4O3/c1-13-10-14(11-16(20-13)21-6-2-3-7-21)12-19-18(25)22-8-4-15(5-9-22)17(23)24/h10-11,15H,2-9,12H2,1H3,(H,19,25)(H,23,24). The van der Waals surface area contributed by atoms with E-state index in [0.717, 1.165) is 30.2 Å². The van der Waals surface area contributed by atoms with Gasteiger partial charge in [0.05, 0.1) is 5.92 Å². The first-order chi connectivity index (χ1) is 12.0. The van der Waals surface area contributed by atoms with E-state index in [0.29, 0.717) is 32.5 Å². The van der Waals surface area contributed by atoms with Crippen LogP contribution >= 0.6 is 0 Å². The second-order valence-electron chi connectivity index (χ2n) is 6.93. The van der Waals surface area contributed by atoms with E-state index < -0.39 is 5.97 Å². The van der Waals surface area contributed by atoms with E-state index in [4.69, 9.17) is 5.11 Å². The Labute approximate surface area is 148 Å². The topological polar surface area (TPSA) is 85.8 Å². The average molecular weight is 346 g/mol. The number of aromatic nitrogens is 1. The number of hydrogen-bond donors (Lipinski definition) is 2. The number of amides is 2. The Morgan fingerprint density at radius 1 is 1.20 bits per heavy atom. The largest absolute Gasteiger partial charge is 0.481 e. The fourth-order valence-electron chi connectivity index (χ4n) is 3.55. The van der Waals surface area contributed by atoms with Crippen molar-refractivity contribution in [2.24, 2.45) is 5.92 Å². The number of nitrogens with one attached hydrogen (secondary N) is 1. The van der Waals surface area contributed by atoms with Crippen molar-refractivity contribution in [2.45, 2.75) is 39.2 Å². The number of carbonyl (C=O) groups excluding carboxylic acids is 1. The molecular weight excluding hydrogens is 320 g/mol. The van der Waals surface area contributed by atoms with Gasteiger partial charge in [-0.25, -0.2) is 9.78 Å². The first-order valence-electron chi connectivity index (χ1n) is 9.01. The molecule has 2 aliphatic rings. The fourth-order valence-corrected chi connectivity index (χ4v) is 3.55. The molecule has 3 rings (SSSR count). The van der Waals surface area contributed by atoms with Crippen molar-refractivity contribution in [2.75, 3.05) is 31.1 Å². The number of carboxylic acid groups (broad SMARTS) is 1. The highest BCUT2D eigenvalue weighted by atomic mass is 16.4. The maximum absolute atomic E-state index is 12.3. The van der Waals surface area contributed by atoms with Crippen molar-refractivity contribution in [3.63, 3.8) is 0 Å². The van der Waals surface area contributed by atoms with Crippen LogP contribution in [0.2, 0.25) is 0 Å². The summed E-state index contributed by atoms with van der Waals surface area (Å²) in [5, 5.41) is 12.0. The number of pyridine rings is 1. The highest BCUT2D eigenvalue weighted by Crippen LogP contribution is 2.20. The number of hydrogen-bond acceptors (Lipinski definition) is 4. The molecule has 0 unspecified atom stereocenters. The number of likely N-dealkylation sites (tertiary alicyclic amines) is 1. The Hall–Kier alpha value is -2.31. The van der Waals surface area contributed by atoms with Crippen LogP contribution in [0.3, 0.4) is 0 Å². The molecule has 2 aliphatic heterocycles. The molecule has 0 atom stereocenters. The van der Waals surface area contributed by atoms with Crippen molar-refractivity contribution < 1.29 is 14.7 Å². The maximum Gasteiger partial charge on any atom is 0.317 e. The minimum absolute atomic E-state index is 0.124. The zero-order chi connectivity index (χ0) is 17.8. The van der Waals surface area contributed by atoms with Crippen LogP contribution in [0.4, 0.5) is 10.6 Å². The lowest BCUT2D eigenvalue weighted by Gasteiger charge is -2.30. The third kappa shape index (κ3) is 4.41. The van der Waals surface area contributed by atoms with Crippen LogP contribution in [0.15, 0.2) is 12.1 Å². The molecule has 2 saturated heterocycles. The van der Waals surface area contributed by atoms with E-state index in [1.165, 1.54) is 12.8 Å². The normalized spacial score (nSPS) is 18.4. The van der Waals surface area contributed by atoms with Gasteiger partial charge in [-0.2, -0.15) is 0 Å². The number of aliphatic carboxylic acids is 1. The third-order valence-electron chi connectivity index (χ3n) is 5.00. The van der Waals surface area contributed by atoms with Crippen LogP contribution in [0.5, 0.6) is 0 Å². The number of anilines is 1. The Bertz CT molecular complexity index is 635. The van der Waals surface area contributed by atoms with Gasteiger partial charge in [0.1, 0.15) is 5.82 Å². The van der Waals surface area contributed by atoms with Crippen molar-refractivity contribution in [3.8, 4) is 0 Å². The van der Waals surface area contributed by atoms with E-state index in [2.05, 4.69) is 21.3 Å². The quantitative estimate of drug-likeness (QED) is 0.871. The molecule has 2 fully saturated rings. The summed E-state index contributed by atoms with van der Waals surface area (Å²) in [7, 11) is 0. The van der Waals surface area contributed by atoms with Gasteiger partial charge in [-0.1, -0.05) is 0 Å². The van der Waals surface area contributed by atoms with Crippen molar-refractivity contribution in [1.29, 1.82) is 0 Å². The van der Waals surface area contributed by atoms with Gasteiger partial charge in [-0.3, -0.25) is 4.79 Å². The highest BCUT2D eigenvalue weighted by molar-refractivity contribution is 5.75. The Morgan fingerprint density at radius 3 is 2.52 bits per heavy atom. The number of carboxylic acids is 1. The summed E-state index contributed by atoms with van der Waals surface area (Å²) in [5.74, 6) is -0.0966. The van der Waals surface area contributed by atoms with Crippen molar-refractivity contribution >= 4 is 17.8 Å². The molecule has 1 aromatic heterocycles. The van der Waals surface area contributed by atoms with E-state index in [1.807, 2.05) is 13.0 Å². The monoisotopic (exact) mass is 346 g/mol. The van der Waals surface area contributed by atoms with Crippen LogP contribution in [0, 0.1) is 12.8 Å². The van der Waals surface area contributed by atoms with Gasteiger partial charge in [0.15, 0.2) is 0 Å². The fraction of sp³-hybridized carbons (Fsp3) is 0.611. The summed E-state index contributed by atoms with van der Waals surface area (Å²) >= 11 is 0. The molecule has 0 bridgehead atoms. The Kier molecular flexibility index (Phi) is 5.40. The predicted octanol–water partition coefficient (Wildman–Crippen LogP) is 2.00. The zero-order valence-corrected chi connectivity index (χ0v) is 14.7. The third-order valence-corrected chi connectivity index (χ3v) is 5.00. The lowest BCUT2D eigenvalue weighted by molar-refractivity contribution is -0.143. The molecule has 7 nitrogen and oxygen atoms in total. The lowest BCUT2D eigenvalue weighted by atomic mass is 9.97. The van der Waals surface area contributed by atoms with Crippen molar-refractivity contribution in [1.82, 2.24) is 15.2 Å². The molecule has 7 heteroatoms. The van der Waals surface area contributed by atoms with E-state index in [1.54, 1.807) is 4.90 Å². The molecular formula is C18H26N4O3. The molecule has 136 valence electrons.